The van der Waals surface area contributed by atoms with Gasteiger partial charge in [0.15, 0.2) is 18.1 Å². The molecule has 1 amide bonds. The molecular formula is C15H17N3O3. The van der Waals surface area contributed by atoms with E-state index in [1.165, 1.54) is 7.11 Å². The summed E-state index contributed by atoms with van der Waals surface area (Å²) < 4.78 is 10.4. The summed E-state index contributed by atoms with van der Waals surface area (Å²) in [6, 6.07) is 8.64. The van der Waals surface area contributed by atoms with Crippen LogP contribution in [0.2, 0.25) is 0 Å². The number of carbonyl (C=O) groups is 1. The van der Waals surface area contributed by atoms with E-state index in [0.717, 1.165) is 5.56 Å². The van der Waals surface area contributed by atoms with Crippen molar-refractivity contribution >= 4 is 5.91 Å². The van der Waals surface area contributed by atoms with Crippen LogP contribution >= 0.6 is 0 Å². The lowest BCUT2D eigenvalue weighted by atomic mass is 10.1. The second-order valence-electron chi connectivity index (χ2n) is 4.35. The van der Waals surface area contributed by atoms with Crippen molar-refractivity contribution in [1.29, 1.82) is 10.5 Å². The first-order valence-electron chi connectivity index (χ1n) is 6.46. The highest BCUT2D eigenvalue weighted by molar-refractivity contribution is 5.76. The number of nitriles is 2. The zero-order valence-electron chi connectivity index (χ0n) is 12.0. The first-order valence-corrected chi connectivity index (χ1v) is 6.46. The van der Waals surface area contributed by atoms with Crippen LogP contribution in [0.25, 0.3) is 0 Å². The molecule has 0 spiro atoms. The van der Waals surface area contributed by atoms with E-state index in [2.05, 4.69) is 5.32 Å². The van der Waals surface area contributed by atoms with E-state index in [-0.39, 0.29) is 18.9 Å². The Bertz CT molecular complexity index is 573. The molecule has 0 heterocycles. The Morgan fingerprint density at radius 2 is 2.14 bits per heavy atom. The van der Waals surface area contributed by atoms with Crippen molar-refractivity contribution in [3.63, 3.8) is 0 Å². The number of amides is 1. The second-order valence-corrected chi connectivity index (χ2v) is 4.35. The SMILES string of the molecule is COc1cc(CCC(=O)NC(C)C#N)ccc1OCC#N. The van der Waals surface area contributed by atoms with E-state index in [0.29, 0.717) is 17.9 Å². The van der Waals surface area contributed by atoms with Gasteiger partial charge in [0.2, 0.25) is 5.91 Å². The molecule has 6 heteroatoms. The summed E-state index contributed by atoms with van der Waals surface area (Å²) in [6.45, 7) is 1.58. The first kappa shape index (κ1) is 16.3. The van der Waals surface area contributed by atoms with Gasteiger partial charge in [0.05, 0.1) is 13.2 Å². The third-order valence-corrected chi connectivity index (χ3v) is 2.73. The molecule has 1 aromatic rings. The summed E-state index contributed by atoms with van der Waals surface area (Å²) >= 11 is 0. The largest absolute Gasteiger partial charge is 0.493 e. The van der Waals surface area contributed by atoms with Gasteiger partial charge >= 0.3 is 0 Å². The Morgan fingerprint density at radius 3 is 2.76 bits per heavy atom. The molecule has 0 fully saturated rings. The predicted molar refractivity (Wildman–Crippen MR) is 75.6 cm³/mol. The molecule has 6 nitrogen and oxygen atoms in total. The van der Waals surface area contributed by atoms with Gasteiger partial charge in [0, 0.05) is 6.42 Å². The molecule has 0 aromatic heterocycles. The number of nitrogens with zero attached hydrogens (tertiary/aromatic N) is 2. The number of benzene rings is 1. The molecule has 0 aliphatic heterocycles. The normalized spacial score (nSPS) is 10.9. The van der Waals surface area contributed by atoms with Gasteiger partial charge in [-0.1, -0.05) is 6.07 Å². The Morgan fingerprint density at radius 1 is 1.38 bits per heavy atom. The molecule has 0 aliphatic carbocycles. The fraction of sp³-hybridized carbons (Fsp3) is 0.400. The number of hydrogen-bond acceptors (Lipinski definition) is 5. The molecule has 1 unspecified atom stereocenters. The van der Waals surface area contributed by atoms with Crippen molar-refractivity contribution in [1.82, 2.24) is 5.32 Å². The highest BCUT2D eigenvalue weighted by Gasteiger charge is 2.09. The van der Waals surface area contributed by atoms with Crippen molar-refractivity contribution in [3.8, 4) is 23.6 Å². The van der Waals surface area contributed by atoms with E-state index in [9.17, 15) is 4.79 Å². The van der Waals surface area contributed by atoms with Gasteiger partial charge in [-0.3, -0.25) is 4.79 Å². The molecular weight excluding hydrogens is 270 g/mol. The lowest BCUT2D eigenvalue weighted by Gasteiger charge is -2.11. The summed E-state index contributed by atoms with van der Waals surface area (Å²) in [5.74, 6) is 0.840. The van der Waals surface area contributed by atoms with Crippen LogP contribution in [0.1, 0.15) is 18.9 Å². The fourth-order valence-electron chi connectivity index (χ4n) is 1.70. The van der Waals surface area contributed by atoms with Crippen molar-refractivity contribution in [2.24, 2.45) is 0 Å². The van der Waals surface area contributed by atoms with Gasteiger partial charge in [-0.05, 0) is 31.0 Å². The Hall–Kier alpha value is -2.73. The van der Waals surface area contributed by atoms with Crippen LogP contribution in [0.5, 0.6) is 11.5 Å². The van der Waals surface area contributed by atoms with E-state index in [1.54, 1.807) is 19.1 Å². The minimum atomic E-state index is -0.492. The Labute approximate surface area is 123 Å². The van der Waals surface area contributed by atoms with Crippen LogP contribution in [-0.4, -0.2) is 25.7 Å². The van der Waals surface area contributed by atoms with Crippen LogP contribution in [0.15, 0.2) is 18.2 Å². The highest BCUT2D eigenvalue weighted by Crippen LogP contribution is 2.28. The topological polar surface area (TPSA) is 95.1 Å². The van der Waals surface area contributed by atoms with Gasteiger partial charge < -0.3 is 14.8 Å². The number of nitrogens with one attached hydrogen (secondary N) is 1. The number of rotatable bonds is 7. The van der Waals surface area contributed by atoms with Crippen LogP contribution in [0.4, 0.5) is 0 Å². The first-order chi connectivity index (χ1) is 10.1. The molecule has 1 aromatic carbocycles. The molecule has 0 radical (unpaired) electrons. The molecule has 0 bridgehead atoms. The quantitative estimate of drug-likeness (QED) is 0.821. The number of methoxy groups -OCH3 is 1. The number of carbonyl (C=O) groups excluding carboxylic acids is 1. The van der Waals surface area contributed by atoms with E-state index >= 15 is 0 Å². The maximum Gasteiger partial charge on any atom is 0.221 e. The number of hydrogen-bond donors (Lipinski definition) is 1. The van der Waals surface area contributed by atoms with E-state index < -0.39 is 6.04 Å². The molecule has 1 atom stereocenters. The summed E-state index contributed by atoms with van der Waals surface area (Å²) in [7, 11) is 1.51. The van der Waals surface area contributed by atoms with Gasteiger partial charge in [-0.2, -0.15) is 10.5 Å². The van der Waals surface area contributed by atoms with E-state index in [4.69, 9.17) is 20.0 Å². The van der Waals surface area contributed by atoms with Gasteiger partial charge in [-0.25, -0.2) is 0 Å². The van der Waals surface area contributed by atoms with Crippen LogP contribution < -0.4 is 14.8 Å². The van der Waals surface area contributed by atoms with Crippen molar-refractivity contribution in [2.75, 3.05) is 13.7 Å². The lowest BCUT2D eigenvalue weighted by Crippen LogP contribution is -2.31. The molecule has 21 heavy (non-hydrogen) atoms. The highest BCUT2D eigenvalue weighted by atomic mass is 16.5. The molecule has 1 N–H and O–H groups in total. The molecule has 0 saturated heterocycles. The van der Waals surface area contributed by atoms with Crippen LogP contribution in [0.3, 0.4) is 0 Å². The average molecular weight is 287 g/mol. The van der Waals surface area contributed by atoms with E-state index in [1.807, 2.05) is 18.2 Å². The smallest absolute Gasteiger partial charge is 0.221 e. The predicted octanol–water partition coefficient (Wildman–Crippen LogP) is 1.56. The van der Waals surface area contributed by atoms with Crippen molar-refractivity contribution in [3.05, 3.63) is 23.8 Å². The summed E-state index contributed by atoms with van der Waals surface area (Å²) in [6.07, 6.45) is 0.812. The Kier molecular flexibility index (Phi) is 6.56. The standard InChI is InChI=1S/C15H17N3O3/c1-11(10-17)18-15(19)6-4-12-3-5-13(21-8-7-16)14(9-12)20-2/h3,5,9,11H,4,6,8H2,1-2H3,(H,18,19). The molecule has 1 rings (SSSR count). The average Bonchev–Trinajstić information content (AvgIpc) is 2.50. The second kappa shape index (κ2) is 8.44. The summed E-state index contributed by atoms with van der Waals surface area (Å²) in [4.78, 5) is 11.6. The summed E-state index contributed by atoms with van der Waals surface area (Å²) in [5.41, 5.74) is 0.913. The number of aryl methyl sites for hydroxylation is 1. The summed E-state index contributed by atoms with van der Waals surface area (Å²) in [5, 5.41) is 19.7. The van der Waals surface area contributed by atoms with Crippen molar-refractivity contribution in [2.45, 2.75) is 25.8 Å². The molecule has 110 valence electrons. The zero-order valence-corrected chi connectivity index (χ0v) is 12.0. The minimum absolute atomic E-state index is 0.0514. The van der Waals surface area contributed by atoms with Gasteiger partial charge in [0.25, 0.3) is 0 Å². The maximum atomic E-state index is 11.6. The molecule has 0 saturated carbocycles. The van der Waals surface area contributed by atoms with Crippen LogP contribution in [0, 0.1) is 22.7 Å². The third-order valence-electron chi connectivity index (χ3n) is 2.73. The minimum Gasteiger partial charge on any atom is -0.493 e. The number of ether oxygens (including phenoxy) is 2. The fourth-order valence-corrected chi connectivity index (χ4v) is 1.70. The van der Waals surface area contributed by atoms with Crippen molar-refractivity contribution < 1.29 is 14.3 Å². The van der Waals surface area contributed by atoms with Gasteiger partial charge in [0.1, 0.15) is 12.1 Å². The zero-order chi connectivity index (χ0) is 15.7. The monoisotopic (exact) mass is 287 g/mol. The van der Waals surface area contributed by atoms with Gasteiger partial charge in [-0.15, -0.1) is 0 Å². The van der Waals surface area contributed by atoms with Crippen LogP contribution in [-0.2, 0) is 11.2 Å². The Balaban J connectivity index is 2.62. The maximum absolute atomic E-state index is 11.6. The third kappa shape index (κ3) is 5.42. The molecule has 0 aliphatic rings. The lowest BCUT2D eigenvalue weighted by molar-refractivity contribution is -0.121.